The molecule has 1 heterocycles. The van der Waals surface area contributed by atoms with E-state index in [4.69, 9.17) is 0 Å². The summed E-state index contributed by atoms with van der Waals surface area (Å²) in [5.74, 6) is 0. The van der Waals surface area contributed by atoms with Gasteiger partial charge in [0.05, 0.1) is 4.92 Å². The van der Waals surface area contributed by atoms with Gasteiger partial charge in [-0.2, -0.15) is 0 Å². The van der Waals surface area contributed by atoms with Crippen LogP contribution in [0.25, 0.3) is 6.08 Å². The molecule has 2 rings (SSSR count). The summed E-state index contributed by atoms with van der Waals surface area (Å²) in [6, 6.07) is 6.66. The van der Waals surface area contributed by atoms with Gasteiger partial charge < -0.3 is 4.90 Å². The maximum absolute atomic E-state index is 10.5. The number of hydrogen-bond donors (Lipinski definition) is 0. The quantitative estimate of drug-likeness (QED) is 0.566. The van der Waals surface area contributed by atoms with E-state index in [0.717, 1.165) is 18.5 Å². The Hall–Kier alpha value is -1.84. The highest BCUT2D eigenvalue weighted by Gasteiger charge is 2.12. The van der Waals surface area contributed by atoms with Crippen molar-refractivity contribution in [2.75, 3.05) is 13.6 Å². The van der Waals surface area contributed by atoms with Crippen molar-refractivity contribution in [1.29, 1.82) is 0 Å². The van der Waals surface area contributed by atoms with Crippen molar-refractivity contribution in [2.24, 2.45) is 0 Å². The van der Waals surface area contributed by atoms with Gasteiger partial charge in [-0.1, -0.05) is 0 Å². The topological polar surface area (TPSA) is 46.4 Å². The molecule has 0 bridgehead atoms. The number of likely N-dealkylation sites (tertiary alicyclic amines) is 1. The molecule has 1 fully saturated rings. The molecule has 4 nitrogen and oxygen atoms in total. The van der Waals surface area contributed by atoms with E-state index in [9.17, 15) is 10.1 Å². The third-order valence-electron chi connectivity index (χ3n) is 2.85. The van der Waals surface area contributed by atoms with Gasteiger partial charge in [-0.3, -0.25) is 10.1 Å². The van der Waals surface area contributed by atoms with Crippen LogP contribution >= 0.6 is 0 Å². The van der Waals surface area contributed by atoms with Gasteiger partial charge >= 0.3 is 0 Å². The van der Waals surface area contributed by atoms with Gasteiger partial charge in [-0.25, -0.2) is 0 Å². The Morgan fingerprint density at radius 2 is 2.06 bits per heavy atom. The van der Waals surface area contributed by atoms with Crippen molar-refractivity contribution in [3.05, 3.63) is 45.6 Å². The molecule has 1 aliphatic heterocycles. The minimum Gasteiger partial charge on any atom is -0.378 e. The number of nitro groups is 1. The third kappa shape index (κ3) is 2.21. The summed E-state index contributed by atoms with van der Waals surface area (Å²) >= 11 is 0. The Morgan fingerprint density at radius 1 is 1.38 bits per heavy atom. The fourth-order valence-electron chi connectivity index (χ4n) is 1.90. The van der Waals surface area contributed by atoms with Crippen LogP contribution in [0, 0.1) is 10.1 Å². The zero-order valence-corrected chi connectivity index (χ0v) is 9.22. The molecule has 0 aromatic heterocycles. The summed E-state index contributed by atoms with van der Waals surface area (Å²) in [4.78, 5) is 12.3. The van der Waals surface area contributed by atoms with Crippen LogP contribution in [-0.2, 0) is 0 Å². The lowest BCUT2D eigenvalue weighted by Crippen LogP contribution is -2.09. The number of benzene rings is 1. The van der Waals surface area contributed by atoms with Crippen LogP contribution in [0.15, 0.2) is 30.0 Å². The van der Waals surface area contributed by atoms with Crippen LogP contribution in [0.1, 0.15) is 18.4 Å². The van der Waals surface area contributed by atoms with Crippen LogP contribution < -0.4 is 0 Å². The Labute approximate surface area is 94.3 Å². The van der Waals surface area contributed by atoms with Crippen LogP contribution in [0.5, 0.6) is 0 Å². The Morgan fingerprint density at radius 3 is 2.56 bits per heavy atom. The summed E-state index contributed by atoms with van der Waals surface area (Å²) in [6.45, 7) is 1.10. The van der Waals surface area contributed by atoms with Gasteiger partial charge in [-0.15, -0.1) is 0 Å². The van der Waals surface area contributed by atoms with Crippen molar-refractivity contribution in [3.63, 3.8) is 0 Å². The lowest BCUT2D eigenvalue weighted by atomic mass is 10.1. The van der Waals surface area contributed by atoms with Gasteiger partial charge in [0.2, 0.25) is 0 Å². The first-order valence-corrected chi connectivity index (χ1v) is 5.33. The third-order valence-corrected chi connectivity index (χ3v) is 2.85. The number of nitro benzene ring substituents is 1. The summed E-state index contributed by atoms with van der Waals surface area (Å²) in [6.07, 6.45) is 4.37. The van der Waals surface area contributed by atoms with Gasteiger partial charge in [0.15, 0.2) is 0 Å². The van der Waals surface area contributed by atoms with E-state index >= 15 is 0 Å². The van der Waals surface area contributed by atoms with Crippen molar-refractivity contribution in [3.8, 4) is 0 Å². The first kappa shape index (κ1) is 10.7. The van der Waals surface area contributed by atoms with E-state index in [1.54, 1.807) is 24.3 Å². The smallest absolute Gasteiger partial charge is 0.269 e. The van der Waals surface area contributed by atoms with Gasteiger partial charge in [-0.05, 0) is 36.6 Å². The highest BCUT2D eigenvalue weighted by Crippen LogP contribution is 2.22. The molecule has 0 amide bonds. The van der Waals surface area contributed by atoms with E-state index in [2.05, 4.69) is 18.0 Å². The second-order valence-corrected chi connectivity index (χ2v) is 4.01. The van der Waals surface area contributed by atoms with Crippen molar-refractivity contribution in [2.45, 2.75) is 12.8 Å². The molecule has 0 saturated carbocycles. The average molecular weight is 218 g/mol. The number of hydrogen-bond acceptors (Lipinski definition) is 3. The molecule has 0 spiro atoms. The number of rotatable bonds is 2. The molecule has 0 aliphatic carbocycles. The van der Waals surface area contributed by atoms with Gasteiger partial charge in [0, 0.05) is 31.4 Å². The molecular weight excluding hydrogens is 204 g/mol. The Kier molecular flexibility index (Phi) is 2.90. The molecule has 0 radical (unpaired) electrons. The maximum atomic E-state index is 10.5. The van der Waals surface area contributed by atoms with Crippen molar-refractivity contribution < 1.29 is 4.92 Å². The lowest BCUT2D eigenvalue weighted by molar-refractivity contribution is -0.384. The standard InChI is InChI=1S/C12H14N2O2/c1-13-8-2-3-12(13)9-10-4-6-11(7-5-10)14(15)16/h4-7,9H,2-3,8H2,1H3. The first-order valence-electron chi connectivity index (χ1n) is 5.33. The molecule has 16 heavy (non-hydrogen) atoms. The van der Waals surface area contributed by atoms with E-state index in [0.29, 0.717) is 0 Å². The number of allylic oxidation sites excluding steroid dienone is 1. The molecule has 0 unspecified atom stereocenters. The molecule has 4 heteroatoms. The lowest BCUT2D eigenvalue weighted by Gasteiger charge is -2.12. The largest absolute Gasteiger partial charge is 0.378 e. The van der Waals surface area contributed by atoms with E-state index in [1.807, 2.05) is 0 Å². The summed E-state index contributed by atoms with van der Waals surface area (Å²) in [5.41, 5.74) is 2.46. The SMILES string of the molecule is CN1CCCC1=Cc1ccc([N+](=O)[O-])cc1. The molecular formula is C12H14N2O2. The molecule has 0 N–H and O–H groups in total. The van der Waals surface area contributed by atoms with Crippen LogP contribution in [0.2, 0.25) is 0 Å². The predicted molar refractivity (Wildman–Crippen MR) is 62.9 cm³/mol. The fourth-order valence-corrected chi connectivity index (χ4v) is 1.90. The zero-order valence-electron chi connectivity index (χ0n) is 9.22. The van der Waals surface area contributed by atoms with Crippen LogP contribution in [0.4, 0.5) is 5.69 Å². The monoisotopic (exact) mass is 218 g/mol. The van der Waals surface area contributed by atoms with Crippen molar-refractivity contribution >= 4 is 11.8 Å². The second kappa shape index (κ2) is 4.35. The molecule has 1 aromatic rings. The Balaban J connectivity index is 2.19. The van der Waals surface area contributed by atoms with E-state index < -0.39 is 0 Å². The maximum Gasteiger partial charge on any atom is 0.269 e. The second-order valence-electron chi connectivity index (χ2n) is 4.01. The Bertz CT molecular complexity index is 423. The predicted octanol–water partition coefficient (Wildman–Crippen LogP) is 2.66. The summed E-state index contributed by atoms with van der Waals surface area (Å²) < 4.78 is 0. The number of nitrogens with zero attached hydrogens (tertiary/aromatic N) is 2. The number of non-ortho nitro benzene ring substituents is 1. The summed E-state index contributed by atoms with van der Waals surface area (Å²) in [7, 11) is 2.07. The molecule has 0 atom stereocenters. The molecule has 1 aliphatic rings. The molecule has 1 aromatic carbocycles. The van der Waals surface area contributed by atoms with Crippen molar-refractivity contribution in [1.82, 2.24) is 4.90 Å². The highest BCUT2D eigenvalue weighted by atomic mass is 16.6. The fraction of sp³-hybridized carbons (Fsp3) is 0.333. The molecule has 84 valence electrons. The first-order chi connectivity index (χ1) is 7.66. The van der Waals surface area contributed by atoms with Gasteiger partial charge in [0.1, 0.15) is 0 Å². The van der Waals surface area contributed by atoms with Crippen LogP contribution in [0.3, 0.4) is 0 Å². The minimum absolute atomic E-state index is 0.141. The van der Waals surface area contributed by atoms with E-state index in [1.165, 1.54) is 12.1 Å². The zero-order chi connectivity index (χ0) is 11.5. The minimum atomic E-state index is -0.376. The molecule has 1 saturated heterocycles. The van der Waals surface area contributed by atoms with Gasteiger partial charge in [0.25, 0.3) is 5.69 Å². The van der Waals surface area contributed by atoms with E-state index in [-0.39, 0.29) is 10.6 Å². The summed E-state index contributed by atoms with van der Waals surface area (Å²) in [5, 5.41) is 10.5. The normalized spacial score (nSPS) is 18.1. The van der Waals surface area contributed by atoms with Crippen LogP contribution in [-0.4, -0.2) is 23.4 Å². The average Bonchev–Trinajstić information content (AvgIpc) is 2.65. The highest BCUT2D eigenvalue weighted by molar-refractivity contribution is 5.54.